The fourth-order valence-electron chi connectivity index (χ4n) is 3.25. The second-order valence-corrected chi connectivity index (χ2v) is 7.76. The van der Waals surface area contributed by atoms with Gasteiger partial charge in [-0.15, -0.1) is 0 Å². The summed E-state index contributed by atoms with van der Waals surface area (Å²) >= 11 is 0. The Hall–Kier alpha value is -1.86. The average molecular weight is 409 g/mol. The first kappa shape index (κ1) is 23.4. The topological polar surface area (TPSA) is 58.1 Å². The summed E-state index contributed by atoms with van der Waals surface area (Å²) in [4.78, 5) is 7.09. The zero-order valence-electron chi connectivity index (χ0n) is 18.3. The third-order valence-corrected chi connectivity index (χ3v) is 4.80. The van der Waals surface area contributed by atoms with Crippen LogP contribution in [0.2, 0.25) is 0 Å². The summed E-state index contributed by atoms with van der Waals surface area (Å²) in [5, 5.41) is 6.83. The molecule has 1 fully saturated rings. The molecule has 1 unspecified atom stereocenters. The number of piperidine rings is 1. The summed E-state index contributed by atoms with van der Waals surface area (Å²) in [5.41, 5.74) is 0. The van der Waals surface area contributed by atoms with Gasteiger partial charge >= 0.3 is 0 Å². The van der Waals surface area contributed by atoms with Crippen LogP contribution < -0.4 is 15.4 Å². The molecule has 0 radical (unpaired) electrons. The first-order valence-corrected chi connectivity index (χ1v) is 10.8. The van der Waals surface area contributed by atoms with E-state index in [0.717, 1.165) is 51.6 Å². The van der Waals surface area contributed by atoms with Crippen LogP contribution in [0.3, 0.4) is 0 Å². The largest absolute Gasteiger partial charge is 0.486 e. The normalized spacial score (nSPS) is 17.4. The van der Waals surface area contributed by atoms with E-state index in [1.54, 1.807) is 18.2 Å². The Kier molecular flexibility index (Phi) is 10.2. The van der Waals surface area contributed by atoms with Gasteiger partial charge in [-0.3, -0.25) is 0 Å². The van der Waals surface area contributed by atoms with E-state index in [0.29, 0.717) is 12.6 Å². The van der Waals surface area contributed by atoms with Crippen LogP contribution in [0.25, 0.3) is 0 Å². The van der Waals surface area contributed by atoms with Crippen molar-refractivity contribution in [2.45, 2.75) is 58.8 Å². The number of nitrogens with one attached hydrogen (secondary N) is 2. The van der Waals surface area contributed by atoms with Crippen LogP contribution in [0.15, 0.2) is 29.3 Å². The van der Waals surface area contributed by atoms with E-state index >= 15 is 0 Å². The van der Waals surface area contributed by atoms with Gasteiger partial charge in [-0.2, -0.15) is 0 Å². The number of rotatable bonds is 10. The molecule has 6 nitrogen and oxygen atoms in total. The fraction of sp³-hybridized carbons (Fsp3) is 0.682. The minimum atomic E-state index is -0.348. The van der Waals surface area contributed by atoms with Crippen molar-refractivity contribution in [2.24, 2.45) is 4.99 Å². The minimum absolute atomic E-state index is 0.217. The molecule has 2 rings (SSSR count). The van der Waals surface area contributed by atoms with Crippen LogP contribution in [0.5, 0.6) is 5.75 Å². The Morgan fingerprint density at radius 2 is 1.97 bits per heavy atom. The molecule has 164 valence electrons. The monoisotopic (exact) mass is 408 g/mol. The van der Waals surface area contributed by atoms with Crippen molar-refractivity contribution >= 4 is 5.96 Å². The number of para-hydroxylation sites is 1. The first-order chi connectivity index (χ1) is 14.0. The van der Waals surface area contributed by atoms with Gasteiger partial charge in [0.25, 0.3) is 0 Å². The molecule has 7 heteroatoms. The van der Waals surface area contributed by atoms with Gasteiger partial charge in [0.15, 0.2) is 17.5 Å². The van der Waals surface area contributed by atoms with Gasteiger partial charge in [0.1, 0.15) is 6.10 Å². The molecule has 1 heterocycles. The molecule has 1 saturated heterocycles. The van der Waals surface area contributed by atoms with E-state index in [1.807, 2.05) is 13.8 Å². The van der Waals surface area contributed by atoms with Crippen LogP contribution in [0.4, 0.5) is 4.39 Å². The summed E-state index contributed by atoms with van der Waals surface area (Å²) in [6, 6.07) is 6.86. The molecule has 29 heavy (non-hydrogen) atoms. The Balaban J connectivity index is 1.77. The van der Waals surface area contributed by atoms with E-state index in [-0.39, 0.29) is 23.8 Å². The van der Waals surface area contributed by atoms with E-state index in [2.05, 4.69) is 34.4 Å². The molecule has 1 aromatic carbocycles. The number of benzene rings is 1. The summed E-state index contributed by atoms with van der Waals surface area (Å²) < 4.78 is 25.1. The fourth-order valence-corrected chi connectivity index (χ4v) is 3.25. The third kappa shape index (κ3) is 9.00. The number of hydrogen-bond acceptors (Lipinski definition) is 4. The maximum Gasteiger partial charge on any atom is 0.191 e. The molecule has 1 atom stereocenters. The van der Waals surface area contributed by atoms with Crippen LogP contribution in [0.1, 0.15) is 40.5 Å². The highest BCUT2D eigenvalue weighted by atomic mass is 19.1. The zero-order chi connectivity index (χ0) is 21.1. The molecule has 0 saturated carbocycles. The molecule has 1 aliphatic rings. The van der Waals surface area contributed by atoms with Crippen molar-refractivity contribution in [1.29, 1.82) is 0 Å². The summed E-state index contributed by atoms with van der Waals surface area (Å²) in [6.45, 7) is 13.2. The van der Waals surface area contributed by atoms with Crippen molar-refractivity contribution in [3.05, 3.63) is 30.1 Å². The minimum Gasteiger partial charge on any atom is -0.486 e. The lowest BCUT2D eigenvalue weighted by Gasteiger charge is -2.33. The van der Waals surface area contributed by atoms with Gasteiger partial charge in [-0.1, -0.05) is 12.1 Å². The smallest absolute Gasteiger partial charge is 0.191 e. The molecule has 0 aliphatic carbocycles. The third-order valence-electron chi connectivity index (χ3n) is 4.80. The van der Waals surface area contributed by atoms with Gasteiger partial charge in [-0.05, 0) is 52.7 Å². The maximum atomic E-state index is 13.7. The van der Waals surface area contributed by atoms with Crippen LogP contribution in [-0.4, -0.2) is 68.4 Å². The number of aliphatic imine (C=N–C) groups is 1. The van der Waals surface area contributed by atoms with Crippen molar-refractivity contribution in [1.82, 2.24) is 15.5 Å². The zero-order valence-corrected chi connectivity index (χ0v) is 18.3. The number of nitrogens with zero attached hydrogens (tertiary/aromatic N) is 2. The van der Waals surface area contributed by atoms with Gasteiger partial charge in [0.05, 0.1) is 19.3 Å². The first-order valence-electron chi connectivity index (χ1n) is 10.8. The standard InChI is InChI=1S/C22H37FN4O2/c1-5-24-22(25-16-18(4)29-21-9-7-6-8-20(21)23)26-19-10-12-27(13-11-19)14-15-28-17(2)3/h6-9,17-19H,5,10-16H2,1-4H3,(H2,24,25,26). The van der Waals surface area contributed by atoms with E-state index < -0.39 is 0 Å². The van der Waals surface area contributed by atoms with Gasteiger partial charge in [0.2, 0.25) is 0 Å². The number of hydrogen-bond donors (Lipinski definition) is 2. The lowest BCUT2D eigenvalue weighted by atomic mass is 10.1. The Bertz CT molecular complexity index is 619. The highest BCUT2D eigenvalue weighted by Gasteiger charge is 2.20. The number of halogens is 1. The molecule has 0 spiro atoms. The number of likely N-dealkylation sites (tertiary alicyclic amines) is 1. The summed E-state index contributed by atoms with van der Waals surface area (Å²) in [5.74, 6) is 0.707. The Morgan fingerprint density at radius 1 is 1.24 bits per heavy atom. The van der Waals surface area contributed by atoms with Crippen LogP contribution >= 0.6 is 0 Å². The van der Waals surface area contributed by atoms with Crippen molar-refractivity contribution < 1.29 is 13.9 Å². The lowest BCUT2D eigenvalue weighted by molar-refractivity contribution is 0.0532. The highest BCUT2D eigenvalue weighted by molar-refractivity contribution is 5.80. The van der Waals surface area contributed by atoms with E-state index in [1.165, 1.54) is 6.07 Å². The molecule has 0 aromatic heterocycles. The average Bonchev–Trinajstić information content (AvgIpc) is 2.69. The molecular formula is C22H37FN4O2. The van der Waals surface area contributed by atoms with Crippen molar-refractivity contribution in [3.8, 4) is 5.75 Å². The highest BCUT2D eigenvalue weighted by Crippen LogP contribution is 2.17. The molecule has 2 N–H and O–H groups in total. The molecule has 0 bridgehead atoms. The summed E-state index contributed by atoms with van der Waals surface area (Å²) in [6.07, 6.45) is 2.23. The van der Waals surface area contributed by atoms with Gasteiger partial charge < -0.3 is 25.0 Å². The van der Waals surface area contributed by atoms with Crippen molar-refractivity contribution in [2.75, 3.05) is 39.3 Å². The molecule has 1 aromatic rings. The summed E-state index contributed by atoms with van der Waals surface area (Å²) in [7, 11) is 0. The van der Waals surface area contributed by atoms with E-state index in [9.17, 15) is 4.39 Å². The second kappa shape index (κ2) is 12.6. The molecule has 1 aliphatic heterocycles. The second-order valence-electron chi connectivity index (χ2n) is 7.76. The SMILES string of the molecule is CCNC(=NCC(C)Oc1ccccc1F)NC1CCN(CCOC(C)C)CC1. The Morgan fingerprint density at radius 3 is 2.62 bits per heavy atom. The molecule has 0 amide bonds. The van der Waals surface area contributed by atoms with E-state index in [4.69, 9.17) is 9.47 Å². The van der Waals surface area contributed by atoms with Crippen LogP contribution in [0, 0.1) is 5.82 Å². The molecular weight excluding hydrogens is 371 g/mol. The number of guanidine groups is 1. The maximum absolute atomic E-state index is 13.7. The lowest BCUT2D eigenvalue weighted by Crippen LogP contribution is -2.49. The van der Waals surface area contributed by atoms with Gasteiger partial charge in [0, 0.05) is 32.2 Å². The van der Waals surface area contributed by atoms with Crippen molar-refractivity contribution in [3.63, 3.8) is 0 Å². The predicted molar refractivity (Wildman–Crippen MR) is 116 cm³/mol. The van der Waals surface area contributed by atoms with Gasteiger partial charge in [-0.25, -0.2) is 9.38 Å². The number of ether oxygens (including phenoxy) is 2. The van der Waals surface area contributed by atoms with Crippen LogP contribution in [-0.2, 0) is 4.74 Å². The Labute approximate surface area is 174 Å². The predicted octanol–water partition coefficient (Wildman–Crippen LogP) is 3.04. The quantitative estimate of drug-likeness (QED) is 0.460.